The van der Waals surface area contributed by atoms with Crippen LogP contribution < -0.4 is 85.9 Å². The molecule has 8 atom stereocenters. The van der Waals surface area contributed by atoms with Gasteiger partial charge in [0.05, 0.1) is 25.9 Å². The molecule has 4 aliphatic heterocycles. The molecule has 0 aromatic heterocycles. The minimum atomic E-state index is -4.85. The minimum absolute atomic E-state index is 0. The third-order valence-electron chi connectivity index (χ3n) is 17.7. The molecular weight excluding hydrogens is 1590 g/mol. The van der Waals surface area contributed by atoms with Crippen molar-refractivity contribution in [1.82, 2.24) is 89.1 Å². The Morgan fingerprint density at radius 2 is 0.735 bits per heavy atom. The maximum atomic E-state index is 14.3. The maximum Gasteiger partial charge on any atom is 0.305 e. The van der Waals surface area contributed by atoms with Crippen LogP contribution in [0.3, 0.4) is 0 Å². The zero-order valence-electron chi connectivity index (χ0n) is 62.0. The Kier molecular flexibility index (Phi) is 39.6. The molecular formula is C68H100InN21O23. The summed E-state index contributed by atoms with van der Waals surface area (Å²) >= 11 is -4.85. The third kappa shape index (κ3) is 35.3. The van der Waals surface area contributed by atoms with Gasteiger partial charge in [-0.3, -0.25) is 68.4 Å². The van der Waals surface area contributed by atoms with Crippen LogP contribution in [0.2, 0.25) is 0 Å². The molecule has 2 bridgehead atoms. The van der Waals surface area contributed by atoms with E-state index in [2.05, 4.69) is 74.4 Å². The van der Waals surface area contributed by atoms with Crippen molar-refractivity contribution in [3.63, 3.8) is 0 Å². The molecule has 4 heterocycles. The number of amides is 12. The predicted octanol–water partition coefficient (Wildman–Crippen LogP) is -9.62. The number of rotatable bonds is 30. The van der Waals surface area contributed by atoms with Gasteiger partial charge in [-0.15, -0.1) is 0 Å². The van der Waals surface area contributed by atoms with E-state index < -0.39 is 224 Å². The van der Waals surface area contributed by atoms with E-state index in [1.807, 2.05) is 0 Å². The molecule has 2 aromatic carbocycles. The molecule has 0 saturated carbocycles. The number of aliphatic carboxylic acids is 2. The van der Waals surface area contributed by atoms with Gasteiger partial charge in [0.1, 0.15) is 36.3 Å². The van der Waals surface area contributed by atoms with Crippen LogP contribution in [0.4, 0.5) is 0 Å². The Morgan fingerprint density at radius 1 is 0.416 bits per heavy atom. The number of carboxylic acids is 2. The van der Waals surface area contributed by atoms with Crippen molar-refractivity contribution in [2.45, 2.75) is 138 Å². The van der Waals surface area contributed by atoms with Gasteiger partial charge in [0.25, 0.3) is 0 Å². The van der Waals surface area contributed by atoms with E-state index >= 15 is 0 Å². The van der Waals surface area contributed by atoms with Crippen molar-refractivity contribution in [3.05, 3.63) is 71.8 Å². The smallest absolute Gasteiger partial charge is 0.305 e. The average molecular weight is 1690 g/mol. The van der Waals surface area contributed by atoms with Gasteiger partial charge in [-0.25, -0.2) is 0 Å². The summed E-state index contributed by atoms with van der Waals surface area (Å²) in [4.78, 5) is 234. The number of hydrogen-bond donors (Lipinski definition) is 20. The number of carbonyl (C=O) groups is 17. The first-order valence-corrected chi connectivity index (χ1v) is 40.4. The van der Waals surface area contributed by atoms with E-state index in [-0.39, 0.29) is 153 Å². The summed E-state index contributed by atoms with van der Waals surface area (Å²) < 4.78 is 16.4. The second kappa shape index (κ2) is 48.5. The molecule has 24 N–H and O–H groups in total. The van der Waals surface area contributed by atoms with Crippen molar-refractivity contribution in [1.29, 1.82) is 10.8 Å². The average Bonchev–Trinajstić information content (AvgIpc) is 1.77. The molecule has 12 amide bonds. The van der Waals surface area contributed by atoms with Gasteiger partial charge >= 0.3 is 245 Å². The topological polar surface area (TPSA) is 668 Å². The molecule has 4 fully saturated rings. The Hall–Kier alpha value is -11.3. The van der Waals surface area contributed by atoms with Crippen LogP contribution >= 0.6 is 0 Å². The molecule has 0 aliphatic carbocycles. The van der Waals surface area contributed by atoms with Crippen molar-refractivity contribution in [2.24, 2.45) is 11.5 Å². The van der Waals surface area contributed by atoms with Crippen LogP contribution in [0.25, 0.3) is 0 Å². The second-order valence-corrected chi connectivity index (χ2v) is 30.4. The fourth-order valence-electron chi connectivity index (χ4n) is 12.0. The molecule has 4 saturated heterocycles. The molecule has 113 heavy (non-hydrogen) atoms. The van der Waals surface area contributed by atoms with Crippen LogP contribution in [0, 0.1) is 10.8 Å². The van der Waals surface area contributed by atoms with Crippen LogP contribution in [0.15, 0.2) is 60.7 Å². The van der Waals surface area contributed by atoms with Crippen LogP contribution in [-0.4, -0.2) is 312 Å². The Balaban J connectivity index is 0.0000228. The van der Waals surface area contributed by atoms with E-state index in [1.165, 1.54) is 9.80 Å². The molecule has 4 aliphatic rings. The van der Waals surface area contributed by atoms with Crippen LogP contribution in [-0.2, 0) is 103 Å². The van der Waals surface area contributed by atoms with E-state index in [9.17, 15) is 91.7 Å². The number of carboxylic acid groups (broad SMARTS) is 2. The van der Waals surface area contributed by atoms with E-state index in [4.69, 9.17) is 30.8 Å². The molecule has 2 aromatic rings. The fourth-order valence-corrected chi connectivity index (χ4v) is 14.9. The van der Waals surface area contributed by atoms with Gasteiger partial charge < -0.3 is 91.0 Å². The second-order valence-electron chi connectivity index (χ2n) is 26.7. The number of carbonyl (C=O) groups excluding carboxylic acids is 15. The summed E-state index contributed by atoms with van der Waals surface area (Å²) in [5, 5.41) is 69.9. The number of guanidine groups is 2. The normalized spacial score (nSPS) is 22.6. The number of hydrogen-bond acceptors (Lipinski definition) is 25. The molecule has 0 spiro atoms. The van der Waals surface area contributed by atoms with E-state index in [1.54, 1.807) is 65.6 Å². The molecule has 0 radical (unpaired) electrons. The summed E-state index contributed by atoms with van der Waals surface area (Å²) in [7, 11) is 0. The standard InChI is InChI=1S/C68H101N21O22.In.H2O/c69-67(70)75-23-11-19-42-59(104)77-33-50(90)79-48(31-54(94)95)65(110)85-46(29-40-13-3-1-4-14-40)63(108)83-44(61(106)81-42)17-7-9-21-73-52(92)35-88(38-57(100)101)27-25-87(37-56(98)99)26-28-89(39-58(102)103)36-53(93)74-22-10-8-18-45-62(107)82-43(20-12-24-76-68(71)72)60(105)78-34-51(91)80-49(32-55(96)97)66(111)86-47(64(109)84-45)30-41-15-5-2-6-16-41;;/h1-6,13-16,42-49H,7-12,17-39H2,(H,73,92)(H,74,93)(H,77,104)(H,78,105)(H,79,90)(H,80,91)(H,81,106)(H,82,107)(H,83,108)(H,84,109)(H,85,110)(H,86,111)(H,94,95)(H,96,97)(H,98,99)(H,100,101)(H,102,103)(H4,69,70,75)(H4,71,72,76);;1H2/q;+3;/p-3/t42-,43-,44-,45-,46+,47+,48-,49-;;/m0../s1. The predicted molar refractivity (Wildman–Crippen MR) is 395 cm³/mol. The molecule has 45 heteroatoms. The third-order valence-corrected chi connectivity index (χ3v) is 21.6. The van der Waals surface area contributed by atoms with Crippen molar-refractivity contribution in [3.8, 4) is 0 Å². The monoisotopic (exact) mass is 1690 g/mol. The van der Waals surface area contributed by atoms with Gasteiger partial charge in [-0.2, -0.15) is 0 Å². The zero-order chi connectivity index (χ0) is 81.7. The minimum Gasteiger partial charge on any atom is -0.481 e. The summed E-state index contributed by atoms with van der Waals surface area (Å²) in [5.41, 5.74) is 11.9. The van der Waals surface area contributed by atoms with Crippen LogP contribution in [0.1, 0.15) is 88.2 Å². The van der Waals surface area contributed by atoms with Gasteiger partial charge in [-0.05, 0) is 36.8 Å². The van der Waals surface area contributed by atoms with Gasteiger partial charge in [0.15, 0.2) is 11.9 Å². The molecule has 44 nitrogen and oxygen atoms in total. The van der Waals surface area contributed by atoms with Crippen molar-refractivity contribution in [2.75, 3.05) is 98.2 Å². The SMILES string of the molecule is N=C(N)NCCC[C@@H]1NC(=O)[C@H](CCCCNC(=O)CN2CCN3CCN(CC(=O)NCCCC[C@@H]4NC(=O)[C@@H](Cc5ccccc5)NC(=O)[C@H](CC(=O)O)NC(=O)CNC(=O)[C@H](CCCNC(=N)N)NC4=O)CC(=O)[O][In]([O]C(=O)C3)[O]C(=O)C2)NC(=O)[C@@H](Cc2ccccc2)NC(=O)[C@H](CC(=O)O)NC(=O)CNC1=O.O. The largest absolute Gasteiger partial charge is 0.481 e. The first kappa shape index (κ1) is 92.3. The number of benzene rings is 2. The maximum absolute atomic E-state index is 14.3. The first-order valence-electron chi connectivity index (χ1n) is 36.4. The summed E-state index contributed by atoms with van der Waals surface area (Å²) in [5.74, 6) is -16.8. The number of nitrogens with one attached hydrogen (secondary N) is 16. The molecule has 0 unspecified atom stereocenters. The van der Waals surface area contributed by atoms with E-state index in [0.717, 1.165) is 0 Å². The Labute approximate surface area is 657 Å². The Bertz CT molecular complexity index is 3480. The van der Waals surface area contributed by atoms with E-state index in [0.29, 0.717) is 11.1 Å². The summed E-state index contributed by atoms with van der Waals surface area (Å²) in [6.45, 7) is -3.51. The fraction of sp³-hybridized carbons (Fsp3) is 0.544. The number of nitrogens with zero attached hydrogens (tertiary/aromatic N) is 3. The molecule has 618 valence electrons. The number of nitrogens with two attached hydrogens (primary N) is 2. The Morgan fingerprint density at radius 3 is 1.10 bits per heavy atom. The van der Waals surface area contributed by atoms with Crippen LogP contribution in [0.5, 0.6) is 0 Å². The first-order chi connectivity index (χ1) is 53.4. The quantitative estimate of drug-likeness (QED) is 0.0196. The summed E-state index contributed by atoms with van der Waals surface area (Å²) in [6, 6.07) is 5.03. The van der Waals surface area contributed by atoms with Gasteiger partial charge in [0, 0.05) is 25.9 Å². The summed E-state index contributed by atoms with van der Waals surface area (Å²) in [6.07, 6.45) is -1.52. The zero-order valence-corrected chi connectivity index (χ0v) is 65.3. The van der Waals surface area contributed by atoms with Crippen molar-refractivity contribution < 1.29 is 106 Å². The van der Waals surface area contributed by atoms with Gasteiger partial charge in [-0.1, -0.05) is 60.7 Å². The number of fused-ring (bicyclic) bond motifs is 4. The molecule has 6 rings (SSSR count). The number of unbranched alkanes of at least 4 members (excludes halogenated alkanes) is 2. The van der Waals surface area contributed by atoms with Crippen molar-refractivity contribution >= 4 is 135 Å². The van der Waals surface area contributed by atoms with Gasteiger partial charge in [0.2, 0.25) is 59.1 Å².